The van der Waals surface area contributed by atoms with Gasteiger partial charge in [-0.2, -0.15) is 26.3 Å². The number of benzene rings is 2. The van der Waals surface area contributed by atoms with Crippen LogP contribution >= 0.6 is 11.8 Å². The maximum absolute atomic E-state index is 14.0. The lowest BCUT2D eigenvalue weighted by Gasteiger charge is -2.22. The number of pyridine rings is 1. The Kier molecular flexibility index (Phi) is 10.7. The Labute approximate surface area is 293 Å². The predicted octanol–water partition coefficient (Wildman–Crippen LogP) is 8.65. The third kappa shape index (κ3) is 9.10. The molecule has 6 rings (SSSR count). The zero-order valence-corrected chi connectivity index (χ0v) is 28.1. The molecular weight excluding hydrogens is 696 g/mol. The fraction of sp³-hybridized carbons (Fsp3) is 0.314. The van der Waals surface area contributed by atoms with Gasteiger partial charge in [-0.1, -0.05) is 35.9 Å². The SMILES string of the molecule is Cc1cccc(CN(Cc2ccccn2)Cc2nccn2CO[N+](=O)c2cc(C(F)(F)F)ccc2Sc2nc3c(c(C(F)(F)F)n2)CCCC3)c1. The van der Waals surface area contributed by atoms with Crippen LogP contribution in [0.4, 0.5) is 32.0 Å². The maximum Gasteiger partial charge on any atom is 0.433 e. The lowest BCUT2D eigenvalue weighted by atomic mass is 9.94. The smallest absolute Gasteiger partial charge is 0.294 e. The number of hydrogen-bond acceptors (Lipinski definition) is 8. The number of hydrogen-bond donors (Lipinski definition) is 0. The van der Waals surface area contributed by atoms with Gasteiger partial charge in [-0.15, -0.1) is 0 Å². The van der Waals surface area contributed by atoms with Crippen molar-refractivity contribution in [3.05, 3.63) is 129 Å². The minimum atomic E-state index is -4.81. The Balaban J connectivity index is 1.24. The molecular formula is C35H32F6N7O2S+. The van der Waals surface area contributed by atoms with Crippen LogP contribution in [-0.4, -0.2) is 34.3 Å². The molecule has 0 saturated heterocycles. The monoisotopic (exact) mass is 728 g/mol. The molecule has 0 saturated carbocycles. The highest BCUT2D eigenvalue weighted by atomic mass is 32.2. The largest absolute Gasteiger partial charge is 0.433 e. The summed E-state index contributed by atoms with van der Waals surface area (Å²) in [6, 6.07) is 16.0. The van der Waals surface area contributed by atoms with Crippen molar-refractivity contribution in [2.45, 2.75) is 81.4 Å². The molecule has 0 N–H and O–H groups in total. The summed E-state index contributed by atoms with van der Waals surface area (Å²) in [5.74, 6) is 0.507. The summed E-state index contributed by atoms with van der Waals surface area (Å²) in [5.41, 5.74) is 0.458. The quantitative estimate of drug-likeness (QED) is 0.0717. The van der Waals surface area contributed by atoms with Crippen molar-refractivity contribution in [3.63, 3.8) is 0 Å². The zero-order chi connectivity index (χ0) is 36.2. The highest BCUT2D eigenvalue weighted by Crippen LogP contribution is 2.41. The Hall–Kier alpha value is -4.83. The van der Waals surface area contributed by atoms with Crippen LogP contribution in [0.25, 0.3) is 0 Å². The van der Waals surface area contributed by atoms with Crippen LogP contribution in [0.5, 0.6) is 0 Å². The first-order chi connectivity index (χ1) is 24.3. The first-order valence-corrected chi connectivity index (χ1v) is 16.8. The number of imidazole rings is 1. The van der Waals surface area contributed by atoms with E-state index in [1.165, 1.54) is 10.8 Å². The van der Waals surface area contributed by atoms with E-state index in [1.54, 1.807) is 12.4 Å². The van der Waals surface area contributed by atoms with Crippen molar-refractivity contribution >= 4 is 17.4 Å². The van der Waals surface area contributed by atoms with Gasteiger partial charge >= 0.3 is 18.0 Å². The molecule has 0 amide bonds. The summed E-state index contributed by atoms with van der Waals surface area (Å²) in [7, 11) is 0. The lowest BCUT2D eigenvalue weighted by Crippen LogP contribution is -2.25. The van der Waals surface area contributed by atoms with Crippen LogP contribution in [0.2, 0.25) is 0 Å². The van der Waals surface area contributed by atoms with E-state index >= 15 is 0 Å². The first-order valence-electron chi connectivity index (χ1n) is 16.0. The normalized spacial score (nSPS) is 13.3. The molecule has 9 nitrogen and oxygen atoms in total. The van der Waals surface area contributed by atoms with Crippen LogP contribution in [-0.2, 0) is 56.4 Å². The Bertz CT molecular complexity index is 2000. The van der Waals surface area contributed by atoms with Crippen molar-refractivity contribution in [1.29, 1.82) is 0 Å². The van der Waals surface area contributed by atoms with E-state index in [4.69, 9.17) is 4.84 Å². The molecule has 266 valence electrons. The second kappa shape index (κ2) is 15.2. The van der Waals surface area contributed by atoms with Gasteiger partial charge in [0, 0.05) is 49.0 Å². The summed E-state index contributed by atoms with van der Waals surface area (Å²) in [4.78, 5) is 37.6. The standard InChI is InChI=1S/C35H32F6N7O2S/c1-23-7-6-8-24(17-23)19-46(20-26-9-4-5-14-42-26)21-31-43-15-16-47(31)22-50-48(49)29-18-25(34(36,37)38)12-13-30(29)51-33-44-28-11-3-2-10-27(28)32(45-33)35(39,40)41/h4-9,12-18H,2-3,10-11,19-22H2,1H3/q+1. The summed E-state index contributed by atoms with van der Waals surface area (Å²) >= 11 is 0.560. The number of rotatable bonds is 12. The average molecular weight is 729 g/mol. The maximum atomic E-state index is 14.0. The molecule has 1 aliphatic rings. The van der Waals surface area contributed by atoms with Gasteiger partial charge in [-0.05, 0) is 74.2 Å². The Morgan fingerprint density at radius 2 is 1.71 bits per heavy atom. The predicted molar refractivity (Wildman–Crippen MR) is 174 cm³/mol. The molecule has 0 unspecified atom stereocenters. The molecule has 16 heteroatoms. The third-order valence-corrected chi connectivity index (χ3v) is 9.13. The lowest BCUT2D eigenvalue weighted by molar-refractivity contribution is -0.756. The summed E-state index contributed by atoms with van der Waals surface area (Å²) in [6.07, 6.45) is -3.11. The average Bonchev–Trinajstić information content (AvgIpc) is 3.53. The molecule has 0 spiro atoms. The van der Waals surface area contributed by atoms with Gasteiger partial charge < -0.3 is 0 Å². The van der Waals surface area contributed by atoms with Crippen molar-refractivity contribution in [3.8, 4) is 0 Å². The van der Waals surface area contributed by atoms with E-state index in [0.29, 0.717) is 62.5 Å². The number of fused-ring (bicyclic) bond motifs is 1. The minimum Gasteiger partial charge on any atom is -0.294 e. The van der Waals surface area contributed by atoms with Gasteiger partial charge in [0.2, 0.25) is 6.73 Å². The molecule has 5 aromatic rings. The van der Waals surface area contributed by atoms with Crippen molar-refractivity contribution in [2.75, 3.05) is 0 Å². The van der Waals surface area contributed by atoms with Gasteiger partial charge in [-0.3, -0.25) is 14.5 Å². The van der Waals surface area contributed by atoms with Crippen LogP contribution in [0.15, 0.2) is 89.3 Å². The van der Waals surface area contributed by atoms with Gasteiger partial charge in [0.25, 0.3) is 4.92 Å². The van der Waals surface area contributed by atoms with E-state index in [0.717, 1.165) is 29.0 Å². The summed E-state index contributed by atoms with van der Waals surface area (Å²) in [5, 5.41) is -0.337. The fourth-order valence-electron chi connectivity index (χ4n) is 5.82. The number of alkyl halides is 6. The van der Waals surface area contributed by atoms with Gasteiger partial charge in [0.1, 0.15) is 5.82 Å². The topological polar surface area (TPSA) is 89.0 Å². The van der Waals surface area contributed by atoms with Crippen molar-refractivity contribution in [1.82, 2.24) is 29.4 Å². The number of aryl methyl sites for hydroxylation is 2. The van der Waals surface area contributed by atoms with E-state index in [-0.39, 0.29) is 32.7 Å². The van der Waals surface area contributed by atoms with Crippen LogP contribution in [0.1, 0.15) is 58.0 Å². The Morgan fingerprint density at radius 3 is 2.45 bits per heavy atom. The summed E-state index contributed by atoms with van der Waals surface area (Å²) < 4.78 is 84.6. The fourth-order valence-corrected chi connectivity index (χ4v) is 6.69. The number of nitrogens with zero attached hydrogens (tertiary/aromatic N) is 7. The molecule has 51 heavy (non-hydrogen) atoms. The van der Waals surface area contributed by atoms with Gasteiger partial charge in [-0.25, -0.2) is 19.8 Å². The number of aromatic nitrogens is 5. The Morgan fingerprint density at radius 1 is 0.882 bits per heavy atom. The van der Waals surface area contributed by atoms with Gasteiger partial charge in [0.15, 0.2) is 10.9 Å². The molecule has 3 heterocycles. The van der Waals surface area contributed by atoms with Gasteiger partial charge in [0.05, 0.1) is 27.6 Å². The van der Waals surface area contributed by atoms with Crippen molar-refractivity contribution in [2.24, 2.45) is 0 Å². The number of halogens is 6. The third-order valence-electron chi connectivity index (χ3n) is 8.20. The molecule has 0 aliphatic heterocycles. The van der Waals surface area contributed by atoms with E-state index < -0.39 is 36.0 Å². The highest BCUT2D eigenvalue weighted by Gasteiger charge is 2.39. The second-order valence-corrected chi connectivity index (χ2v) is 13.1. The van der Waals surface area contributed by atoms with Crippen molar-refractivity contribution < 1.29 is 36.1 Å². The molecule has 0 radical (unpaired) electrons. The van der Waals surface area contributed by atoms with Crippen LogP contribution < -0.4 is 0 Å². The highest BCUT2D eigenvalue weighted by molar-refractivity contribution is 7.99. The zero-order valence-electron chi connectivity index (χ0n) is 27.3. The molecule has 0 fully saturated rings. The summed E-state index contributed by atoms with van der Waals surface area (Å²) in [6.45, 7) is 2.91. The first kappa shape index (κ1) is 36.0. The van der Waals surface area contributed by atoms with Crippen LogP contribution in [0.3, 0.4) is 0 Å². The second-order valence-electron chi connectivity index (χ2n) is 12.1. The molecule has 1 aliphatic carbocycles. The van der Waals surface area contributed by atoms with E-state index in [2.05, 4.69) is 30.9 Å². The van der Waals surface area contributed by atoms with E-state index in [9.17, 15) is 31.2 Å². The minimum absolute atomic E-state index is 0.0214. The van der Waals surface area contributed by atoms with Crippen LogP contribution in [0, 0.1) is 11.8 Å². The molecule has 2 aromatic carbocycles. The molecule has 3 aromatic heterocycles. The molecule has 0 atom stereocenters. The van der Waals surface area contributed by atoms with E-state index in [1.807, 2.05) is 43.3 Å². The molecule has 0 bridgehead atoms.